The van der Waals surface area contributed by atoms with Crippen LogP contribution in [-0.4, -0.2) is 25.3 Å². The van der Waals surface area contributed by atoms with E-state index in [1.807, 2.05) is 13.8 Å². The largest absolute Gasteiger partial charge is 0.465 e. The molecule has 1 atom stereocenters. The predicted octanol–water partition coefficient (Wildman–Crippen LogP) is 4.73. The Morgan fingerprint density at radius 3 is 2.43 bits per heavy atom. The third-order valence-electron chi connectivity index (χ3n) is 4.66. The van der Waals surface area contributed by atoms with Gasteiger partial charge < -0.3 is 9.47 Å². The van der Waals surface area contributed by atoms with Crippen LogP contribution in [0.1, 0.15) is 78.6 Å². The van der Waals surface area contributed by atoms with Gasteiger partial charge in [-0.15, -0.1) is 0 Å². The van der Waals surface area contributed by atoms with Crippen LogP contribution < -0.4 is 0 Å². The Balaban J connectivity index is 1.98. The third kappa shape index (κ3) is 7.85. The SMILES string of the molecule is CCCCC1CCC(OCCCOC(=O)C(C)CC)CC1. The average Bonchev–Trinajstić information content (AvgIpc) is 2.52. The second-order valence-electron chi connectivity index (χ2n) is 6.49. The Morgan fingerprint density at radius 1 is 1.10 bits per heavy atom. The molecule has 0 heterocycles. The molecule has 0 aromatic rings. The number of ether oxygens (including phenoxy) is 2. The maximum atomic E-state index is 11.5. The van der Waals surface area contributed by atoms with Crippen molar-refractivity contribution in [1.29, 1.82) is 0 Å². The van der Waals surface area contributed by atoms with Crippen LogP contribution in [0.15, 0.2) is 0 Å². The van der Waals surface area contributed by atoms with Gasteiger partial charge in [-0.2, -0.15) is 0 Å². The summed E-state index contributed by atoms with van der Waals surface area (Å²) in [5.41, 5.74) is 0. The van der Waals surface area contributed by atoms with E-state index in [2.05, 4.69) is 6.92 Å². The highest BCUT2D eigenvalue weighted by atomic mass is 16.5. The second kappa shape index (κ2) is 11.1. The Morgan fingerprint density at radius 2 is 1.81 bits per heavy atom. The highest BCUT2D eigenvalue weighted by Gasteiger charge is 2.21. The molecule has 0 aliphatic heterocycles. The van der Waals surface area contributed by atoms with Crippen molar-refractivity contribution >= 4 is 5.97 Å². The van der Waals surface area contributed by atoms with Crippen molar-refractivity contribution in [2.45, 2.75) is 84.7 Å². The lowest BCUT2D eigenvalue weighted by molar-refractivity contribution is -0.148. The van der Waals surface area contributed by atoms with Gasteiger partial charge in [-0.1, -0.05) is 40.0 Å². The highest BCUT2D eigenvalue weighted by Crippen LogP contribution is 2.29. The predicted molar refractivity (Wildman–Crippen MR) is 86.3 cm³/mol. The van der Waals surface area contributed by atoms with Gasteiger partial charge in [0.1, 0.15) is 0 Å². The van der Waals surface area contributed by atoms with Crippen LogP contribution in [0, 0.1) is 11.8 Å². The molecule has 0 radical (unpaired) electrons. The molecule has 3 nitrogen and oxygen atoms in total. The molecule has 1 saturated carbocycles. The Kier molecular flexibility index (Phi) is 9.73. The van der Waals surface area contributed by atoms with Crippen molar-refractivity contribution in [2.75, 3.05) is 13.2 Å². The summed E-state index contributed by atoms with van der Waals surface area (Å²) in [4.78, 5) is 11.5. The number of hydrogen-bond acceptors (Lipinski definition) is 3. The summed E-state index contributed by atoms with van der Waals surface area (Å²) in [6, 6.07) is 0. The van der Waals surface area contributed by atoms with E-state index in [1.165, 1.54) is 44.9 Å². The number of carbonyl (C=O) groups excluding carboxylic acids is 1. The van der Waals surface area contributed by atoms with Gasteiger partial charge >= 0.3 is 5.97 Å². The summed E-state index contributed by atoms with van der Waals surface area (Å²) in [5, 5.41) is 0. The molecular weight excluding hydrogens is 264 g/mol. The van der Waals surface area contributed by atoms with Crippen molar-refractivity contribution in [3.8, 4) is 0 Å². The molecule has 3 heteroatoms. The number of hydrogen-bond donors (Lipinski definition) is 0. The number of unbranched alkanes of at least 4 members (excludes halogenated alkanes) is 1. The molecule has 1 aliphatic carbocycles. The minimum atomic E-state index is -0.0751. The van der Waals surface area contributed by atoms with Crippen LogP contribution in [0.3, 0.4) is 0 Å². The van der Waals surface area contributed by atoms with Gasteiger partial charge in [-0.3, -0.25) is 4.79 Å². The fraction of sp³-hybridized carbons (Fsp3) is 0.944. The molecule has 0 spiro atoms. The third-order valence-corrected chi connectivity index (χ3v) is 4.66. The second-order valence-corrected chi connectivity index (χ2v) is 6.49. The first-order valence-corrected chi connectivity index (χ1v) is 8.95. The van der Waals surface area contributed by atoms with Crippen LogP contribution in [0.2, 0.25) is 0 Å². The molecule has 0 N–H and O–H groups in total. The number of carbonyl (C=O) groups is 1. The molecule has 1 unspecified atom stereocenters. The molecule has 0 saturated heterocycles. The van der Waals surface area contributed by atoms with E-state index < -0.39 is 0 Å². The van der Waals surface area contributed by atoms with Crippen molar-refractivity contribution in [2.24, 2.45) is 11.8 Å². The monoisotopic (exact) mass is 298 g/mol. The van der Waals surface area contributed by atoms with Crippen LogP contribution >= 0.6 is 0 Å². The smallest absolute Gasteiger partial charge is 0.308 e. The van der Waals surface area contributed by atoms with Crippen LogP contribution in [-0.2, 0) is 14.3 Å². The zero-order valence-electron chi connectivity index (χ0n) is 14.2. The van der Waals surface area contributed by atoms with Crippen molar-refractivity contribution in [3.05, 3.63) is 0 Å². The molecule has 1 fully saturated rings. The number of esters is 1. The molecule has 0 amide bonds. The van der Waals surface area contributed by atoms with E-state index in [1.54, 1.807) is 0 Å². The van der Waals surface area contributed by atoms with Gasteiger partial charge in [0, 0.05) is 6.42 Å². The molecule has 124 valence electrons. The lowest BCUT2D eigenvalue weighted by Gasteiger charge is -2.28. The Hall–Kier alpha value is -0.570. The van der Waals surface area contributed by atoms with Gasteiger partial charge in [0.25, 0.3) is 0 Å². The summed E-state index contributed by atoms with van der Waals surface area (Å²) in [7, 11) is 0. The van der Waals surface area contributed by atoms with Crippen LogP contribution in [0.25, 0.3) is 0 Å². The minimum Gasteiger partial charge on any atom is -0.465 e. The van der Waals surface area contributed by atoms with Gasteiger partial charge in [0.05, 0.1) is 25.2 Å². The van der Waals surface area contributed by atoms with E-state index >= 15 is 0 Å². The van der Waals surface area contributed by atoms with Crippen LogP contribution in [0.4, 0.5) is 0 Å². The first-order valence-electron chi connectivity index (χ1n) is 8.95. The molecule has 1 aliphatic rings. The van der Waals surface area contributed by atoms with Gasteiger partial charge in [-0.25, -0.2) is 0 Å². The fourth-order valence-corrected chi connectivity index (χ4v) is 2.87. The fourth-order valence-electron chi connectivity index (χ4n) is 2.87. The summed E-state index contributed by atoms with van der Waals surface area (Å²) in [5.74, 6) is 0.875. The normalized spacial score (nSPS) is 23.8. The van der Waals surface area contributed by atoms with E-state index in [0.29, 0.717) is 12.7 Å². The van der Waals surface area contributed by atoms with Gasteiger partial charge in [0.15, 0.2) is 0 Å². The Labute approximate surface area is 130 Å². The van der Waals surface area contributed by atoms with E-state index in [0.717, 1.165) is 25.4 Å². The first-order chi connectivity index (χ1) is 10.2. The van der Waals surface area contributed by atoms with Crippen molar-refractivity contribution < 1.29 is 14.3 Å². The Bertz CT molecular complexity index is 270. The molecule has 0 aromatic carbocycles. The maximum Gasteiger partial charge on any atom is 0.308 e. The van der Waals surface area contributed by atoms with Gasteiger partial charge in [0.2, 0.25) is 0 Å². The highest BCUT2D eigenvalue weighted by molar-refractivity contribution is 5.71. The topological polar surface area (TPSA) is 35.5 Å². The zero-order valence-corrected chi connectivity index (χ0v) is 14.2. The summed E-state index contributed by atoms with van der Waals surface area (Å²) < 4.78 is 11.1. The standard InChI is InChI=1S/C18H34O3/c1-4-6-8-16-9-11-17(12-10-16)20-13-7-14-21-18(19)15(3)5-2/h15-17H,4-14H2,1-3H3. The molecular formula is C18H34O3. The number of rotatable bonds is 10. The summed E-state index contributed by atoms with van der Waals surface area (Å²) >= 11 is 0. The van der Waals surface area contributed by atoms with Crippen molar-refractivity contribution in [3.63, 3.8) is 0 Å². The quantitative estimate of drug-likeness (QED) is 0.432. The van der Waals surface area contributed by atoms with E-state index in [4.69, 9.17) is 9.47 Å². The zero-order chi connectivity index (χ0) is 15.5. The molecule has 0 aromatic heterocycles. The minimum absolute atomic E-state index is 0.0179. The summed E-state index contributed by atoms with van der Waals surface area (Å²) in [6.07, 6.45) is 11.3. The molecule has 1 rings (SSSR count). The summed E-state index contributed by atoms with van der Waals surface area (Å²) in [6.45, 7) is 7.40. The van der Waals surface area contributed by atoms with Crippen molar-refractivity contribution in [1.82, 2.24) is 0 Å². The maximum absolute atomic E-state index is 11.5. The van der Waals surface area contributed by atoms with E-state index in [-0.39, 0.29) is 11.9 Å². The van der Waals surface area contributed by atoms with E-state index in [9.17, 15) is 4.79 Å². The molecule has 0 bridgehead atoms. The van der Waals surface area contributed by atoms with Crippen LogP contribution in [0.5, 0.6) is 0 Å². The lowest BCUT2D eigenvalue weighted by Crippen LogP contribution is -2.23. The first kappa shape index (κ1) is 18.5. The average molecular weight is 298 g/mol. The lowest BCUT2D eigenvalue weighted by atomic mass is 9.84. The van der Waals surface area contributed by atoms with Gasteiger partial charge in [-0.05, 0) is 38.0 Å². The molecule has 21 heavy (non-hydrogen) atoms.